The van der Waals surface area contributed by atoms with Crippen molar-refractivity contribution in [3.05, 3.63) is 34.3 Å². The number of nitrogens with zero attached hydrogens (tertiary/aromatic N) is 1. The molecule has 0 radical (unpaired) electrons. The fraction of sp³-hybridized carbons (Fsp3) is 0.533. The first-order chi connectivity index (χ1) is 11.8. The van der Waals surface area contributed by atoms with Crippen molar-refractivity contribution in [3.63, 3.8) is 0 Å². The highest BCUT2D eigenvalue weighted by molar-refractivity contribution is 6.08. The van der Waals surface area contributed by atoms with E-state index in [9.17, 15) is 24.5 Å². The molecule has 0 saturated carbocycles. The minimum Gasteiger partial charge on any atom is -0.469 e. The number of nitro groups is 1. The molecule has 0 aliphatic heterocycles. The zero-order valence-electron chi connectivity index (χ0n) is 14.1. The number of nitrogens with one attached hydrogen (secondary N) is 1. The summed E-state index contributed by atoms with van der Waals surface area (Å²) in [4.78, 5) is 47.4. The molecule has 0 spiro atoms. The fourth-order valence-corrected chi connectivity index (χ4v) is 2.40. The maximum Gasteiger partial charge on any atom is 0.344 e. The van der Waals surface area contributed by atoms with Crippen LogP contribution in [-0.4, -0.2) is 48.1 Å². The summed E-state index contributed by atoms with van der Waals surface area (Å²) in [7, 11) is 0. The molecule has 1 aromatic rings. The number of furan rings is 1. The van der Waals surface area contributed by atoms with Gasteiger partial charge in [-0.05, 0) is 26.0 Å². The monoisotopic (exact) mass is 356 g/mol. The molecular formula is C15H20N2O8. The highest BCUT2D eigenvalue weighted by Crippen LogP contribution is 2.32. The average Bonchev–Trinajstić information content (AvgIpc) is 3.04. The third-order valence-corrected chi connectivity index (χ3v) is 3.31. The Bertz CT molecular complexity index is 607. The van der Waals surface area contributed by atoms with Gasteiger partial charge in [-0.15, -0.1) is 0 Å². The third-order valence-electron chi connectivity index (χ3n) is 3.31. The van der Waals surface area contributed by atoms with Crippen LogP contribution >= 0.6 is 0 Å². The first kappa shape index (κ1) is 20.1. The van der Waals surface area contributed by atoms with Crippen molar-refractivity contribution < 1.29 is 33.2 Å². The summed E-state index contributed by atoms with van der Waals surface area (Å²) in [5.41, 5.74) is -2.44. The van der Waals surface area contributed by atoms with Gasteiger partial charge in [0.15, 0.2) is 0 Å². The molecule has 1 rings (SSSR count). The van der Waals surface area contributed by atoms with Crippen LogP contribution in [-0.2, 0) is 23.9 Å². The second-order valence-electron chi connectivity index (χ2n) is 5.01. The van der Waals surface area contributed by atoms with Crippen LogP contribution in [0.25, 0.3) is 0 Å². The molecule has 0 bridgehead atoms. The summed E-state index contributed by atoms with van der Waals surface area (Å²) in [6, 6.07) is 2.81. The Balaban J connectivity index is 3.60. The van der Waals surface area contributed by atoms with E-state index in [4.69, 9.17) is 13.9 Å². The molecule has 1 heterocycles. The third kappa shape index (κ3) is 4.55. The molecule has 1 amide bonds. The van der Waals surface area contributed by atoms with Crippen molar-refractivity contribution >= 4 is 17.8 Å². The minimum absolute atomic E-state index is 0.0356. The van der Waals surface area contributed by atoms with E-state index >= 15 is 0 Å². The number of carbonyl (C=O) groups excluding carboxylic acids is 3. The van der Waals surface area contributed by atoms with E-state index < -0.39 is 40.8 Å². The summed E-state index contributed by atoms with van der Waals surface area (Å²) in [5, 5.41) is 13.3. The Hall–Kier alpha value is -2.91. The Morgan fingerprint density at radius 1 is 1.28 bits per heavy atom. The molecule has 0 aliphatic carbocycles. The summed E-state index contributed by atoms with van der Waals surface area (Å²) in [5.74, 6) is -4.58. The molecule has 0 aromatic carbocycles. The fourth-order valence-electron chi connectivity index (χ4n) is 2.40. The number of carbonyl (C=O) groups is 3. The van der Waals surface area contributed by atoms with Gasteiger partial charge in [-0.3, -0.25) is 14.9 Å². The summed E-state index contributed by atoms with van der Waals surface area (Å²) >= 11 is 0. The lowest BCUT2D eigenvalue weighted by atomic mass is 9.81. The maximum atomic E-state index is 12.6. The molecular weight excluding hydrogens is 336 g/mol. The smallest absolute Gasteiger partial charge is 0.344 e. The summed E-state index contributed by atoms with van der Waals surface area (Å²) in [6.07, 6.45) is 1.23. The van der Waals surface area contributed by atoms with Gasteiger partial charge < -0.3 is 19.2 Å². The molecule has 10 nitrogen and oxygen atoms in total. The van der Waals surface area contributed by atoms with E-state index in [0.29, 0.717) is 0 Å². The predicted molar refractivity (Wildman–Crippen MR) is 83.1 cm³/mol. The SMILES string of the molecule is CCOC(=O)C(NC(C)=O)(C(=O)OCC)C(C[N+](=O)[O-])c1ccco1. The predicted octanol–water partition coefficient (Wildman–Crippen LogP) is 0.641. The number of amides is 1. The van der Waals surface area contributed by atoms with Gasteiger partial charge in [0.1, 0.15) is 11.7 Å². The number of esters is 2. The van der Waals surface area contributed by atoms with Gasteiger partial charge in [0.2, 0.25) is 12.5 Å². The van der Waals surface area contributed by atoms with Crippen LogP contribution < -0.4 is 5.32 Å². The largest absolute Gasteiger partial charge is 0.469 e. The molecule has 1 unspecified atom stereocenters. The number of rotatable bonds is 9. The van der Waals surface area contributed by atoms with Gasteiger partial charge in [-0.2, -0.15) is 0 Å². The van der Waals surface area contributed by atoms with Gasteiger partial charge in [-0.1, -0.05) is 0 Å². The van der Waals surface area contributed by atoms with E-state index in [-0.39, 0.29) is 19.0 Å². The second-order valence-corrected chi connectivity index (χ2v) is 5.01. The van der Waals surface area contributed by atoms with Gasteiger partial charge in [-0.25, -0.2) is 9.59 Å². The zero-order valence-corrected chi connectivity index (χ0v) is 14.1. The molecule has 10 heteroatoms. The second kappa shape index (κ2) is 8.81. The number of ether oxygens (including phenoxy) is 2. The van der Waals surface area contributed by atoms with E-state index in [2.05, 4.69) is 5.32 Å². The lowest BCUT2D eigenvalue weighted by Crippen LogP contribution is -2.65. The highest BCUT2D eigenvalue weighted by atomic mass is 16.6. The lowest BCUT2D eigenvalue weighted by molar-refractivity contribution is -0.485. The molecule has 0 saturated heterocycles. The first-order valence-electron chi connectivity index (χ1n) is 7.57. The Morgan fingerprint density at radius 2 is 1.84 bits per heavy atom. The average molecular weight is 356 g/mol. The van der Waals surface area contributed by atoms with Crippen molar-refractivity contribution in [2.75, 3.05) is 19.8 Å². The number of hydrogen-bond acceptors (Lipinski definition) is 8. The van der Waals surface area contributed by atoms with Gasteiger partial charge in [0, 0.05) is 11.8 Å². The molecule has 1 N–H and O–H groups in total. The standard InChI is InChI=1S/C15H20N2O8/c1-4-23-13(19)15(16-10(3)18,14(20)24-5-2)11(9-17(21)22)12-7-6-8-25-12/h6-8,11H,4-5,9H2,1-3H3,(H,16,18). The van der Waals surface area contributed by atoms with Crippen LogP contribution in [0.2, 0.25) is 0 Å². The zero-order chi connectivity index (χ0) is 19.0. The van der Waals surface area contributed by atoms with Crippen LogP contribution in [0.3, 0.4) is 0 Å². The normalized spacial score (nSPS) is 12.1. The van der Waals surface area contributed by atoms with E-state index in [0.717, 1.165) is 6.92 Å². The quantitative estimate of drug-likeness (QED) is 0.294. The Kier molecular flexibility index (Phi) is 7.09. The first-order valence-corrected chi connectivity index (χ1v) is 7.57. The van der Waals surface area contributed by atoms with Gasteiger partial charge in [0.25, 0.3) is 5.54 Å². The maximum absolute atomic E-state index is 12.6. The van der Waals surface area contributed by atoms with Crippen molar-refractivity contribution in [1.82, 2.24) is 5.32 Å². The van der Waals surface area contributed by atoms with Crippen molar-refractivity contribution in [3.8, 4) is 0 Å². The summed E-state index contributed by atoms with van der Waals surface area (Å²) < 4.78 is 15.0. The van der Waals surface area contributed by atoms with Crippen molar-refractivity contribution in [1.29, 1.82) is 0 Å². The molecule has 25 heavy (non-hydrogen) atoms. The summed E-state index contributed by atoms with van der Waals surface area (Å²) in [6.45, 7) is 2.98. The Morgan fingerprint density at radius 3 is 2.20 bits per heavy atom. The topological polar surface area (TPSA) is 138 Å². The van der Waals surface area contributed by atoms with E-state index in [1.54, 1.807) is 0 Å². The van der Waals surface area contributed by atoms with Gasteiger partial charge >= 0.3 is 11.9 Å². The van der Waals surface area contributed by atoms with Crippen LogP contribution in [0.1, 0.15) is 32.4 Å². The van der Waals surface area contributed by atoms with Gasteiger partial charge in [0.05, 0.1) is 19.5 Å². The molecule has 138 valence electrons. The van der Waals surface area contributed by atoms with Crippen molar-refractivity contribution in [2.45, 2.75) is 32.2 Å². The van der Waals surface area contributed by atoms with Crippen LogP contribution in [0, 0.1) is 10.1 Å². The minimum atomic E-state index is -2.44. The van der Waals surface area contributed by atoms with Crippen LogP contribution in [0.15, 0.2) is 22.8 Å². The van der Waals surface area contributed by atoms with Crippen LogP contribution in [0.4, 0.5) is 0 Å². The van der Waals surface area contributed by atoms with Crippen molar-refractivity contribution in [2.24, 2.45) is 0 Å². The molecule has 1 aromatic heterocycles. The number of hydrogen-bond donors (Lipinski definition) is 1. The van der Waals surface area contributed by atoms with E-state index in [1.165, 1.54) is 32.2 Å². The highest BCUT2D eigenvalue weighted by Gasteiger charge is 2.59. The molecule has 0 fully saturated rings. The Labute approximate surface area is 143 Å². The molecule has 1 atom stereocenters. The van der Waals surface area contributed by atoms with Crippen LogP contribution in [0.5, 0.6) is 0 Å². The lowest BCUT2D eigenvalue weighted by Gasteiger charge is -2.33. The van der Waals surface area contributed by atoms with E-state index in [1.807, 2.05) is 0 Å². The molecule has 0 aliphatic rings.